The molecule has 4 aromatic rings. The van der Waals surface area contributed by atoms with Gasteiger partial charge in [0.25, 0.3) is 0 Å². The summed E-state index contributed by atoms with van der Waals surface area (Å²) < 4.78 is 15.8. The molecule has 142 valence electrons. The molecule has 0 unspecified atom stereocenters. The van der Waals surface area contributed by atoms with Gasteiger partial charge in [0.05, 0.1) is 24.4 Å². The van der Waals surface area contributed by atoms with E-state index in [0.29, 0.717) is 28.8 Å². The van der Waals surface area contributed by atoms with Gasteiger partial charge in [-0.05, 0) is 42.8 Å². The second-order valence-electron chi connectivity index (χ2n) is 5.97. The van der Waals surface area contributed by atoms with E-state index in [2.05, 4.69) is 35.4 Å². The predicted molar refractivity (Wildman–Crippen MR) is 104 cm³/mol. The van der Waals surface area contributed by atoms with E-state index in [0.717, 1.165) is 16.6 Å². The average molecular weight is 378 g/mol. The highest BCUT2D eigenvalue weighted by atomic mass is 16.6. The fourth-order valence-corrected chi connectivity index (χ4v) is 2.58. The minimum absolute atomic E-state index is 0.243. The molecule has 0 bridgehead atoms. The van der Waals surface area contributed by atoms with Gasteiger partial charge in [-0.25, -0.2) is 15.0 Å². The molecule has 0 atom stereocenters. The van der Waals surface area contributed by atoms with E-state index in [-0.39, 0.29) is 6.61 Å². The summed E-state index contributed by atoms with van der Waals surface area (Å²) in [5, 5.41) is 11.7. The summed E-state index contributed by atoms with van der Waals surface area (Å²) in [5.41, 5.74) is 6.89. The lowest BCUT2D eigenvalue weighted by molar-refractivity contribution is 0.260. The van der Waals surface area contributed by atoms with Crippen LogP contribution in [0.15, 0.2) is 52.2 Å². The van der Waals surface area contributed by atoms with Crippen molar-refractivity contribution in [2.24, 2.45) is 5.10 Å². The van der Waals surface area contributed by atoms with Crippen molar-refractivity contribution < 1.29 is 14.1 Å². The van der Waals surface area contributed by atoms with Gasteiger partial charge in [0.2, 0.25) is 5.95 Å². The Labute approximate surface area is 160 Å². The van der Waals surface area contributed by atoms with Crippen LogP contribution in [0.25, 0.3) is 11.0 Å². The van der Waals surface area contributed by atoms with Crippen molar-refractivity contribution in [2.75, 3.05) is 12.5 Å². The van der Waals surface area contributed by atoms with E-state index < -0.39 is 0 Å². The first-order valence-electron chi connectivity index (χ1n) is 8.55. The number of hydrazone groups is 1. The number of aromatic amines is 1. The third-order valence-corrected chi connectivity index (χ3v) is 4.07. The maximum Gasteiger partial charge on any atom is 0.222 e. The van der Waals surface area contributed by atoms with Crippen molar-refractivity contribution in [1.82, 2.24) is 20.3 Å². The van der Waals surface area contributed by atoms with Gasteiger partial charge < -0.3 is 14.5 Å². The number of H-pyrrole nitrogens is 1. The molecule has 0 aliphatic carbocycles. The van der Waals surface area contributed by atoms with Crippen LogP contribution in [-0.2, 0) is 6.61 Å². The van der Waals surface area contributed by atoms with Crippen molar-refractivity contribution in [3.05, 3.63) is 59.4 Å². The molecule has 2 heterocycles. The topological polar surface area (TPSA) is 110 Å². The normalized spacial score (nSPS) is 11.2. The Balaban J connectivity index is 1.43. The number of ether oxygens (including phenoxy) is 2. The van der Waals surface area contributed by atoms with Crippen LogP contribution in [0.2, 0.25) is 0 Å². The van der Waals surface area contributed by atoms with Crippen LogP contribution in [0.3, 0.4) is 0 Å². The second-order valence-corrected chi connectivity index (χ2v) is 5.97. The number of anilines is 1. The third kappa shape index (κ3) is 3.78. The minimum Gasteiger partial charge on any atom is -0.493 e. The molecule has 28 heavy (non-hydrogen) atoms. The van der Waals surface area contributed by atoms with Crippen molar-refractivity contribution in [3.63, 3.8) is 0 Å². The van der Waals surface area contributed by atoms with Crippen LogP contribution in [0.5, 0.6) is 11.5 Å². The quantitative estimate of drug-likeness (QED) is 0.375. The number of methoxy groups -OCH3 is 1. The molecule has 0 aliphatic rings. The van der Waals surface area contributed by atoms with Crippen LogP contribution in [0, 0.1) is 6.92 Å². The zero-order valence-electron chi connectivity index (χ0n) is 15.3. The lowest BCUT2D eigenvalue weighted by atomic mass is 10.2. The Morgan fingerprint density at radius 1 is 1.18 bits per heavy atom. The van der Waals surface area contributed by atoms with Crippen LogP contribution >= 0.6 is 0 Å². The Kier molecular flexibility index (Phi) is 4.87. The van der Waals surface area contributed by atoms with E-state index >= 15 is 0 Å². The van der Waals surface area contributed by atoms with Crippen LogP contribution in [0.4, 0.5) is 5.95 Å². The van der Waals surface area contributed by atoms with Gasteiger partial charge >= 0.3 is 0 Å². The highest BCUT2D eigenvalue weighted by Gasteiger charge is 2.09. The monoisotopic (exact) mass is 378 g/mol. The first kappa shape index (κ1) is 17.5. The van der Waals surface area contributed by atoms with Crippen molar-refractivity contribution in [1.29, 1.82) is 0 Å². The van der Waals surface area contributed by atoms with Crippen molar-refractivity contribution in [3.8, 4) is 11.5 Å². The predicted octanol–water partition coefficient (Wildman–Crippen LogP) is 3.29. The number of rotatable bonds is 7. The van der Waals surface area contributed by atoms with Crippen LogP contribution < -0.4 is 14.9 Å². The number of hydrogen-bond acceptors (Lipinski definition) is 8. The Hall–Kier alpha value is -3.88. The standard InChI is InChI=1S/C19H18N6O3/c1-12-16(25-28-24-12)11-27-17-8-7-13(9-18(17)26-2)10-20-23-19-21-14-5-3-4-6-15(14)22-19/h3-10H,11H2,1-2H3,(H2,21,22,23)/b20-10+. The highest BCUT2D eigenvalue weighted by Crippen LogP contribution is 2.28. The van der Waals surface area contributed by atoms with E-state index in [4.69, 9.17) is 9.47 Å². The molecule has 2 N–H and O–H groups in total. The molecule has 0 saturated carbocycles. The summed E-state index contributed by atoms with van der Waals surface area (Å²) in [6.07, 6.45) is 1.67. The largest absolute Gasteiger partial charge is 0.493 e. The maximum absolute atomic E-state index is 5.75. The molecule has 2 aromatic carbocycles. The van der Waals surface area contributed by atoms with E-state index in [9.17, 15) is 0 Å². The van der Waals surface area contributed by atoms with Crippen LogP contribution in [-0.4, -0.2) is 33.6 Å². The van der Waals surface area contributed by atoms with E-state index in [1.807, 2.05) is 42.5 Å². The number of imidazole rings is 1. The fourth-order valence-electron chi connectivity index (χ4n) is 2.58. The molecular formula is C19H18N6O3. The van der Waals surface area contributed by atoms with E-state index in [1.54, 1.807) is 20.2 Å². The summed E-state index contributed by atoms with van der Waals surface area (Å²) >= 11 is 0. The fraction of sp³-hybridized carbons (Fsp3) is 0.158. The van der Waals surface area contributed by atoms with Gasteiger partial charge in [0, 0.05) is 0 Å². The number of nitrogens with one attached hydrogen (secondary N) is 2. The lowest BCUT2D eigenvalue weighted by Crippen LogP contribution is -2.00. The molecule has 0 saturated heterocycles. The number of hydrogen-bond donors (Lipinski definition) is 2. The molecule has 9 nitrogen and oxygen atoms in total. The zero-order chi connectivity index (χ0) is 19.3. The molecule has 0 fully saturated rings. The summed E-state index contributed by atoms with van der Waals surface area (Å²) in [6.45, 7) is 2.05. The Bertz CT molecular complexity index is 1080. The number of nitrogens with zero attached hydrogens (tertiary/aromatic N) is 4. The SMILES string of the molecule is COc1cc(/C=N/Nc2nc3ccccc3[nH]2)ccc1OCc1nonc1C. The zero-order valence-corrected chi connectivity index (χ0v) is 15.3. The van der Waals surface area contributed by atoms with Gasteiger partial charge in [-0.2, -0.15) is 5.10 Å². The Morgan fingerprint density at radius 2 is 2.07 bits per heavy atom. The van der Waals surface area contributed by atoms with E-state index in [1.165, 1.54) is 0 Å². The number of aromatic nitrogens is 4. The summed E-state index contributed by atoms with van der Waals surface area (Å²) in [4.78, 5) is 7.55. The summed E-state index contributed by atoms with van der Waals surface area (Å²) in [5.74, 6) is 1.75. The molecule has 4 rings (SSSR count). The molecular weight excluding hydrogens is 360 g/mol. The number of aryl methyl sites for hydroxylation is 1. The van der Waals surface area contributed by atoms with Crippen LogP contribution in [0.1, 0.15) is 17.0 Å². The van der Waals surface area contributed by atoms with Gasteiger partial charge in [-0.1, -0.05) is 22.4 Å². The van der Waals surface area contributed by atoms with Gasteiger partial charge in [-0.15, -0.1) is 0 Å². The molecule has 0 spiro atoms. The number of benzene rings is 2. The highest BCUT2D eigenvalue weighted by molar-refractivity contribution is 5.82. The van der Waals surface area contributed by atoms with Crippen molar-refractivity contribution in [2.45, 2.75) is 13.5 Å². The van der Waals surface area contributed by atoms with Gasteiger partial charge in [0.1, 0.15) is 18.0 Å². The number of fused-ring (bicyclic) bond motifs is 1. The lowest BCUT2D eigenvalue weighted by Gasteiger charge is -2.10. The first-order valence-corrected chi connectivity index (χ1v) is 8.55. The maximum atomic E-state index is 5.75. The molecule has 9 heteroatoms. The number of para-hydroxylation sites is 2. The smallest absolute Gasteiger partial charge is 0.222 e. The second kappa shape index (κ2) is 7.78. The minimum atomic E-state index is 0.243. The van der Waals surface area contributed by atoms with Gasteiger partial charge in [-0.3, -0.25) is 0 Å². The molecule has 2 aromatic heterocycles. The third-order valence-electron chi connectivity index (χ3n) is 4.07. The summed E-state index contributed by atoms with van der Waals surface area (Å²) in [6, 6.07) is 13.3. The molecule has 0 aliphatic heterocycles. The molecule has 0 radical (unpaired) electrons. The first-order chi connectivity index (χ1) is 13.7. The average Bonchev–Trinajstić information content (AvgIpc) is 3.32. The summed E-state index contributed by atoms with van der Waals surface area (Å²) in [7, 11) is 1.58. The Morgan fingerprint density at radius 3 is 2.86 bits per heavy atom. The van der Waals surface area contributed by atoms with Crippen molar-refractivity contribution >= 4 is 23.2 Å². The van der Waals surface area contributed by atoms with Gasteiger partial charge in [0.15, 0.2) is 11.5 Å². The molecule has 0 amide bonds.